The SMILES string of the molecule is CC1CN(C(=O)c2ccc3[nH]ccc3c2)CC1C. The molecule has 0 spiro atoms. The van der Waals surface area contributed by atoms with E-state index in [1.165, 1.54) is 0 Å². The number of amides is 1. The van der Waals surface area contributed by atoms with Crippen LogP contribution in [-0.4, -0.2) is 28.9 Å². The Morgan fingerprint density at radius 2 is 1.94 bits per heavy atom. The fourth-order valence-corrected chi connectivity index (χ4v) is 2.66. The first-order valence-electron chi connectivity index (χ1n) is 6.51. The van der Waals surface area contributed by atoms with Crippen LogP contribution in [0.3, 0.4) is 0 Å². The number of hydrogen-bond donors (Lipinski definition) is 1. The van der Waals surface area contributed by atoms with E-state index in [-0.39, 0.29) is 5.91 Å². The highest BCUT2D eigenvalue weighted by molar-refractivity contribution is 5.98. The number of rotatable bonds is 1. The third kappa shape index (κ3) is 1.80. The van der Waals surface area contributed by atoms with E-state index in [9.17, 15) is 4.79 Å². The van der Waals surface area contributed by atoms with Crippen LogP contribution in [0.5, 0.6) is 0 Å². The van der Waals surface area contributed by atoms with Crippen molar-refractivity contribution >= 4 is 16.8 Å². The molecule has 94 valence electrons. The van der Waals surface area contributed by atoms with Crippen LogP contribution in [0.4, 0.5) is 0 Å². The van der Waals surface area contributed by atoms with Crippen molar-refractivity contribution in [3.63, 3.8) is 0 Å². The molecule has 2 atom stereocenters. The van der Waals surface area contributed by atoms with Gasteiger partial charge in [-0.25, -0.2) is 0 Å². The van der Waals surface area contributed by atoms with Crippen molar-refractivity contribution in [3.05, 3.63) is 36.0 Å². The molecule has 3 rings (SSSR count). The summed E-state index contributed by atoms with van der Waals surface area (Å²) in [6.45, 7) is 6.19. The zero-order chi connectivity index (χ0) is 12.7. The third-order valence-corrected chi connectivity index (χ3v) is 4.08. The molecule has 3 nitrogen and oxygen atoms in total. The molecule has 1 aromatic heterocycles. The maximum absolute atomic E-state index is 12.4. The molecule has 1 aliphatic heterocycles. The molecule has 0 saturated carbocycles. The van der Waals surface area contributed by atoms with Gasteiger partial charge in [0, 0.05) is 35.8 Å². The highest BCUT2D eigenvalue weighted by atomic mass is 16.2. The highest BCUT2D eigenvalue weighted by Gasteiger charge is 2.29. The molecule has 0 bridgehead atoms. The third-order valence-electron chi connectivity index (χ3n) is 4.08. The summed E-state index contributed by atoms with van der Waals surface area (Å²) < 4.78 is 0. The lowest BCUT2D eigenvalue weighted by Gasteiger charge is -2.16. The van der Waals surface area contributed by atoms with Crippen molar-refractivity contribution in [1.29, 1.82) is 0 Å². The van der Waals surface area contributed by atoms with E-state index in [2.05, 4.69) is 18.8 Å². The van der Waals surface area contributed by atoms with Gasteiger partial charge in [-0.2, -0.15) is 0 Å². The zero-order valence-electron chi connectivity index (χ0n) is 10.8. The minimum atomic E-state index is 0.161. The second-order valence-corrected chi connectivity index (χ2v) is 5.44. The maximum atomic E-state index is 12.4. The molecular weight excluding hydrogens is 224 g/mol. The molecule has 1 aliphatic rings. The van der Waals surface area contributed by atoms with Crippen molar-refractivity contribution in [1.82, 2.24) is 9.88 Å². The summed E-state index contributed by atoms with van der Waals surface area (Å²) in [5.41, 5.74) is 1.87. The number of aromatic amines is 1. The first-order chi connectivity index (χ1) is 8.65. The number of nitrogens with one attached hydrogen (secondary N) is 1. The van der Waals surface area contributed by atoms with Crippen LogP contribution in [0.1, 0.15) is 24.2 Å². The summed E-state index contributed by atoms with van der Waals surface area (Å²) in [5, 5.41) is 1.10. The van der Waals surface area contributed by atoms with Gasteiger partial charge in [0.15, 0.2) is 0 Å². The second kappa shape index (κ2) is 4.16. The number of fused-ring (bicyclic) bond motifs is 1. The van der Waals surface area contributed by atoms with Crippen molar-refractivity contribution in [3.8, 4) is 0 Å². The molecule has 2 heterocycles. The van der Waals surface area contributed by atoms with E-state index < -0.39 is 0 Å². The predicted octanol–water partition coefficient (Wildman–Crippen LogP) is 2.90. The summed E-state index contributed by atoms with van der Waals surface area (Å²) in [7, 11) is 0. The first kappa shape index (κ1) is 11.3. The van der Waals surface area contributed by atoms with E-state index in [1.54, 1.807) is 0 Å². The van der Waals surface area contributed by atoms with Gasteiger partial charge in [-0.15, -0.1) is 0 Å². The number of hydrogen-bond acceptors (Lipinski definition) is 1. The van der Waals surface area contributed by atoms with Crippen LogP contribution in [0.25, 0.3) is 10.9 Å². The average Bonchev–Trinajstić information content (AvgIpc) is 2.95. The summed E-state index contributed by atoms with van der Waals surface area (Å²) in [5.74, 6) is 1.36. The van der Waals surface area contributed by atoms with Crippen LogP contribution in [0.15, 0.2) is 30.5 Å². The van der Waals surface area contributed by atoms with Crippen LogP contribution in [-0.2, 0) is 0 Å². The van der Waals surface area contributed by atoms with Gasteiger partial charge in [-0.05, 0) is 36.1 Å². The Kier molecular flexibility index (Phi) is 2.62. The fourth-order valence-electron chi connectivity index (χ4n) is 2.66. The lowest BCUT2D eigenvalue weighted by atomic mass is 10.0. The summed E-state index contributed by atoms with van der Waals surface area (Å²) in [6, 6.07) is 7.86. The molecule has 1 aromatic carbocycles. The monoisotopic (exact) mass is 242 g/mol. The predicted molar refractivity (Wildman–Crippen MR) is 72.5 cm³/mol. The van der Waals surface area contributed by atoms with Crippen molar-refractivity contribution in [2.24, 2.45) is 11.8 Å². The number of benzene rings is 1. The van der Waals surface area contributed by atoms with Gasteiger partial charge in [-0.3, -0.25) is 4.79 Å². The number of likely N-dealkylation sites (tertiary alicyclic amines) is 1. The molecule has 1 amide bonds. The topological polar surface area (TPSA) is 36.1 Å². The molecule has 0 radical (unpaired) electrons. The van der Waals surface area contributed by atoms with Crippen molar-refractivity contribution < 1.29 is 4.79 Å². The quantitative estimate of drug-likeness (QED) is 0.820. The standard InChI is InChI=1S/C15H18N2O/c1-10-8-17(9-11(10)2)15(18)13-3-4-14-12(7-13)5-6-16-14/h3-7,10-11,16H,8-9H2,1-2H3. The zero-order valence-corrected chi connectivity index (χ0v) is 10.8. The molecular formula is C15H18N2O. The van der Waals surface area contributed by atoms with Crippen LogP contribution < -0.4 is 0 Å². The van der Waals surface area contributed by atoms with Crippen LogP contribution in [0, 0.1) is 11.8 Å². The van der Waals surface area contributed by atoms with Crippen LogP contribution in [0.2, 0.25) is 0 Å². The highest BCUT2D eigenvalue weighted by Crippen LogP contribution is 2.24. The number of H-pyrrole nitrogens is 1. The molecule has 18 heavy (non-hydrogen) atoms. The lowest BCUT2D eigenvalue weighted by molar-refractivity contribution is 0.0785. The smallest absolute Gasteiger partial charge is 0.253 e. The van der Waals surface area contributed by atoms with Gasteiger partial charge < -0.3 is 9.88 Å². The number of nitrogens with zero attached hydrogens (tertiary/aromatic N) is 1. The van der Waals surface area contributed by atoms with E-state index >= 15 is 0 Å². The first-order valence-corrected chi connectivity index (χ1v) is 6.51. The maximum Gasteiger partial charge on any atom is 0.253 e. The van der Waals surface area contributed by atoms with E-state index in [0.717, 1.165) is 29.6 Å². The van der Waals surface area contributed by atoms with Crippen LogP contribution >= 0.6 is 0 Å². The summed E-state index contributed by atoms with van der Waals surface area (Å²) in [4.78, 5) is 17.5. The Labute approximate surface area is 107 Å². The van der Waals surface area contributed by atoms with Gasteiger partial charge in [0.25, 0.3) is 5.91 Å². The van der Waals surface area contributed by atoms with E-state index in [1.807, 2.05) is 35.4 Å². The van der Waals surface area contributed by atoms with E-state index in [0.29, 0.717) is 11.8 Å². The van der Waals surface area contributed by atoms with Gasteiger partial charge >= 0.3 is 0 Å². The van der Waals surface area contributed by atoms with Crippen molar-refractivity contribution in [2.45, 2.75) is 13.8 Å². The molecule has 0 aliphatic carbocycles. The molecule has 1 fully saturated rings. The molecule has 2 aromatic rings. The summed E-state index contributed by atoms with van der Waals surface area (Å²) >= 11 is 0. The Hall–Kier alpha value is -1.77. The Balaban J connectivity index is 1.87. The number of carbonyl (C=O) groups is 1. The molecule has 2 unspecified atom stereocenters. The average molecular weight is 242 g/mol. The molecule has 1 saturated heterocycles. The lowest BCUT2D eigenvalue weighted by Crippen LogP contribution is -2.28. The van der Waals surface area contributed by atoms with Gasteiger partial charge in [0.05, 0.1) is 0 Å². The Morgan fingerprint density at radius 1 is 1.22 bits per heavy atom. The van der Waals surface area contributed by atoms with Gasteiger partial charge in [0.2, 0.25) is 0 Å². The Morgan fingerprint density at radius 3 is 2.67 bits per heavy atom. The number of aromatic nitrogens is 1. The number of carbonyl (C=O) groups excluding carboxylic acids is 1. The minimum absolute atomic E-state index is 0.161. The van der Waals surface area contributed by atoms with Gasteiger partial charge in [-0.1, -0.05) is 13.8 Å². The molecule has 3 heteroatoms. The minimum Gasteiger partial charge on any atom is -0.361 e. The van der Waals surface area contributed by atoms with E-state index in [4.69, 9.17) is 0 Å². The van der Waals surface area contributed by atoms with Gasteiger partial charge in [0.1, 0.15) is 0 Å². The summed E-state index contributed by atoms with van der Waals surface area (Å²) in [6.07, 6.45) is 1.90. The van der Waals surface area contributed by atoms with Crippen molar-refractivity contribution in [2.75, 3.05) is 13.1 Å². The Bertz CT molecular complexity index is 577. The fraction of sp³-hybridized carbons (Fsp3) is 0.400. The largest absolute Gasteiger partial charge is 0.361 e. The molecule has 1 N–H and O–H groups in total. The normalized spacial score (nSPS) is 23.8. The second-order valence-electron chi connectivity index (χ2n) is 5.44.